The summed E-state index contributed by atoms with van der Waals surface area (Å²) >= 11 is 5.96. The number of halogens is 2. The highest BCUT2D eigenvalue weighted by Gasteiger charge is 2.29. The highest BCUT2D eigenvalue weighted by atomic mass is 35.5. The number of aliphatic hydroxyl groups is 1. The first-order valence-corrected chi connectivity index (χ1v) is 8.26. The topological polar surface area (TPSA) is 80.0 Å². The number of anilines is 1. The van der Waals surface area contributed by atoms with Crippen molar-refractivity contribution in [2.24, 2.45) is 11.7 Å². The molecule has 0 aromatic heterocycles. The van der Waals surface area contributed by atoms with Crippen molar-refractivity contribution in [1.82, 2.24) is 5.06 Å². The molecule has 0 amide bonds. The summed E-state index contributed by atoms with van der Waals surface area (Å²) in [6.07, 6.45) is 2.51. The summed E-state index contributed by atoms with van der Waals surface area (Å²) in [5, 5.41) is 14.1. The van der Waals surface area contributed by atoms with Gasteiger partial charge in [-0.1, -0.05) is 17.7 Å². The maximum absolute atomic E-state index is 13.1. The molecule has 3 atom stereocenters. The number of benzene rings is 1. The second-order valence-electron chi connectivity index (χ2n) is 6.10. The summed E-state index contributed by atoms with van der Waals surface area (Å²) in [5.41, 5.74) is 5.84. The zero-order valence-corrected chi connectivity index (χ0v) is 13.9. The standard InChI is InChI=1S/C16H21ClFN3O3/c17-11-2-4-15(14(7-11)20-16(19)22)24-21-8-13(23-9-21)6-10-1-3-12(18)5-10/h2-4,7,10,13,16,20,22H,1,5-6,8-9,19H2. The van der Waals surface area contributed by atoms with Crippen molar-refractivity contribution in [3.05, 3.63) is 35.1 Å². The normalized spacial score (nSPS) is 25.6. The third kappa shape index (κ3) is 4.58. The number of nitrogens with zero attached hydrogens (tertiary/aromatic N) is 1. The number of allylic oxidation sites excluding steroid dienone is 2. The Morgan fingerprint density at radius 3 is 3.08 bits per heavy atom. The smallest absolute Gasteiger partial charge is 0.179 e. The van der Waals surface area contributed by atoms with Gasteiger partial charge in [0.15, 0.2) is 12.1 Å². The van der Waals surface area contributed by atoms with Crippen molar-refractivity contribution in [1.29, 1.82) is 0 Å². The van der Waals surface area contributed by atoms with Gasteiger partial charge < -0.3 is 20.0 Å². The van der Waals surface area contributed by atoms with Crippen LogP contribution in [0.15, 0.2) is 30.1 Å². The second kappa shape index (κ2) is 7.67. The minimum Gasteiger partial charge on any atom is -0.401 e. The summed E-state index contributed by atoms with van der Waals surface area (Å²) in [6, 6.07) is 5.00. The Morgan fingerprint density at radius 2 is 2.38 bits per heavy atom. The molecule has 0 saturated carbocycles. The molecular weight excluding hydrogens is 337 g/mol. The number of rotatable bonds is 6. The molecule has 6 nitrogen and oxygen atoms in total. The van der Waals surface area contributed by atoms with E-state index in [-0.39, 0.29) is 11.9 Å². The molecular formula is C16H21ClFN3O3. The molecule has 1 heterocycles. The fourth-order valence-corrected chi connectivity index (χ4v) is 3.18. The zero-order valence-electron chi connectivity index (χ0n) is 13.1. The first kappa shape index (κ1) is 17.4. The largest absolute Gasteiger partial charge is 0.401 e. The summed E-state index contributed by atoms with van der Waals surface area (Å²) in [6.45, 7) is 0.909. The van der Waals surface area contributed by atoms with Gasteiger partial charge in [0.1, 0.15) is 6.73 Å². The predicted octanol–water partition coefficient (Wildman–Crippen LogP) is 2.59. The minimum atomic E-state index is -1.22. The molecule has 1 aliphatic heterocycles. The summed E-state index contributed by atoms with van der Waals surface area (Å²) in [4.78, 5) is 5.81. The number of aliphatic hydroxyl groups excluding tert-OH is 1. The van der Waals surface area contributed by atoms with Gasteiger partial charge in [-0.15, -0.1) is 5.06 Å². The van der Waals surface area contributed by atoms with Crippen molar-refractivity contribution in [3.8, 4) is 5.75 Å². The summed E-state index contributed by atoms with van der Waals surface area (Å²) in [7, 11) is 0. The third-order valence-corrected chi connectivity index (χ3v) is 4.32. The van der Waals surface area contributed by atoms with Gasteiger partial charge in [0.05, 0.1) is 24.2 Å². The Balaban J connectivity index is 1.55. The van der Waals surface area contributed by atoms with Gasteiger partial charge in [0, 0.05) is 11.4 Å². The van der Waals surface area contributed by atoms with Gasteiger partial charge in [-0.05, 0) is 37.0 Å². The Morgan fingerprint density at radius 1 is 1.54 bits per heavy atom. The van der Waals surface area contributed by atoms with Gasteiger partial charge in [-0.3, -0.25) is 5.73 Å². The van der Waals surface area contributed by atoms with Gasteiger partial charge in [0.25, 0.3) is 0 Å². The van der Waals surface area contributed by atoms with E-state index in [0.29, 0.717) is 42.1 Å². The van der Waals surface area contributed by atoms with E-state index in [0.717, 1.165) is 12.8 Å². The molecule has 8 heteroatoms. The van der Waals surface area contributed by atoms with E-state index < -0.39 is 6.35 Å². The molecule has 3 rings (SSSR count). The number of hydroxylamine groups is 2. The summed E-state index contributed by atoms with van der Waals surface area (Å²) in [5.74, 6) is 0.764. The molecule has 3 unspecified atom stereocenters. The predicted molar refractivity (Wildman–Crippen MR) is 88.9 cm³/mol. The summed E-state index contributed by atoms with van der Waals surface area (Å²) < 4.78 is 18.8. The van der Waals surface area contributed by atoms with E-state index in [9.17, 15) is 9.50 Å². The average molecular weight is 358 g/mol. The molecule has 0 bridgehead atoms. The zero-order chi connectivity index (χ0) is 17.1. The maximum Gasteiger partial charge on any atom is 0.179 e. The monoisotopic (exact) mass is 357 g/mol. The van der Waals surface area contributed by atoms with Crippen molar-refractivity contribution in [2.75, 3.05) is 18.6 Å². The molecule has 1 aromatic carbocycles. The van der Waals surface area contributed by atoms with Crippen LogP contribution in [-0.2, 0) is 4.74 Å². The SMILES string of the molecule is NC(O)Nc1cc(Cl)ccc1ON1COC(CC2CC=C(F)C2)C1. The quantitative estimate of drug-likeness (QED) is 0.679. The second-order valence-corrected chi connectivity index (χ2v) is 6.53. The van der Waals surface area contributed by atoms with Crippen molar-refractivity contribution < 1.29 is 19.1 Å². The van der Waals surface area contributed by atoms with Gasteiger partial charge in [-0.25, -0.2) is 4.39 Å². The fourth-order valence-electron chi connectivity index (χ4n) is 3.01. The van der Waals surface area contributed by atoms with E-state index in [1.54, 1.807) is 29.3 Å². The van der Waals surface area contributed by atoms with E-state index >= 15 is 0 Å². The van der Waals surface area contributed by atoms with Gasteiger partial charge >= 0.3 is 0 Å². The molecule has 0 radical (unpaired) electrons. The molecule has 1 aromatic rings. The lowest BCUT2D eigenvalue weighted by Crippen LogP contribution is -2.30. The highest BCUT2D eigenvalue weighted by molar-refractivity contribution is 6.30. The maximum atomic E-state index is 13.1. The number of hydrogen-bond acceptors (Lipinski definition) is 6. The fraction of sp³-hybridized carbons (Fsp3) is 0.500. The molecule has 2 aliphatic rings. The molecule has 1 saturated heterocycles. The van der Waals surface area contributed by atoms with Crippen LogP contribution in [-0.4, -0.2) is 35.9 Å². The van der Waals surface area contributed by atoms with Crippen LogP contribution in [0.25, 0.3) is 0 Å². The van der Waals surface area contributed by atoms with Crippen molar-refractivity contribution >= 4 is 17.3 Å². The molecule has 4 N–H and O–H groups in total. The Kier molecular flexibility index (Phi) is 5.57. The number of nitrogens with two attached hydrogens (primary N) is 1. The van der Waals surface area contributed by atoms with Crippen molar-refractivity contribution in [2.45, 2.75) is 31.7 Å². The Labute approximate surface area is 144 Å². The van der Waals surface area contributed by atoms with E-state index in [1.165, 1.54) is 0 Å². The van der Waals surface area contributed by atoms with Gasteiger partial charge in [-0.2, -0.15) is 0 Å². The van der Waals surface area contributed by atoms with Crippen LogP contribution < -0.4 is 15.9 Å². The van der Waals surface area contributed by atoms with E-state index in [2.05, 4.69) is 5.32 Å². The van der Waals surface area contributed by atoms with Crippen LogP contribution >= 0.6 is 11.6 Å². The van der Waals surface area contributed by atoms with E-state index in [4.69, 9.17) is 26.9 Å². The average Bonchev–Trinajstić information content (AvgIpc) is 3.11. The van der Waals surface area contributed by atoms with Crippen LogP contribution in [0.5, 0.6) is 5.75 Å². The molecule has 0 spiro atoms. The van der Waals surface area contributed by atoms with Crippen LogP contribution in [0.4, 0.5) is 10.1 Å². The first-order valence-electron chi connectivity index (χ1n) is 7.88. The first-order chi connectivity index (χ1) is 11.5. The number of hydrogen-bond donors (Lipinski definition) is 3. The Hall–Kier alpha value is -1.38. The van der Waals surface area contributed by atoms with Crippen LogP contribution in [0, 0.1) is 5.92 Å². The number of ether oxygens (including phenoxy) is 1. The highest BCUT2D eigenvalue weighted by Crippen LogP contribution is 2.33. The molecule has 1 aliphatic carbocycles. The van der Waals surface area contributed by atoms with Gasteiger partial charge in [0.2, 0.25) is 0 Å². The van der Waals surface area contributed by atoms with Crippen LogP contribution in [0.3, 0.4) is 0 Å². The molecule has 1 fully saturated rings. The molecule has 24 heavy (non-hydrogen) atoms. The Bertz CT molecular complexity index is 614. The number of nitrogens with one attached hydrogen (secondary N) is 1. The van der Waals surface area contributed by atoms with Crippen molar-refractivity contribution in [3.63, 3.8) is 0 Å². The third-order valence-electron chi connectivity index (χ3n) is 4.09. The minimum absolute atomic E-state index is 0.0121. The van der Waals surface area contributed by atoms with E-state index in [1.807, 2.05) is 0 Å². The van der Waals surface area contributed by atoms with Crippen LogP contribution in [0.1, 0.15) is 19.3 Å². The van der Waals surface area contributed by atoms with Crippen LogP contribution in [0.2, 0.25) is 5.02 Å². The lowest BCUT2D eigenvalue weighted by molar-refractivity contribution is -0.0693. The molecule has 132 valence electrons. The lowest BCUT2D eigenvalue weighted by Gasteiger charge is -2.19. The lowest BCUT2D eigenvalue weighted by atomic mass is 9.99.